The average Bonchev–Trinajstić information content (AvgIpc) is 3.03. The summed E-state index contributed by atoms with van der Waals surface area (Å²) in [4.78, 5) is 23.1. The minimum atomic E-state index is -0.664. The summed E-state index contributed by atoms with van der Waals surface area (Å²) >= 11 is 11.7. The Bertz CT molecular complexity index is 561. The van der Waals surface area contributed by atoms with Gasteiger partial charge in [0, 0.05) is 18.2 Å². The van der Waals surface area contributed by atoms with Crippen LogP contribution in [0.3, 0.4) is 0 Å². The second kappa shape index (κ2) is 8.96. The Morgan fingerprint density at radius 2 is 2.13 bits per heavy atom. The first-order chi connectivity index (χ1) is 11.0. The molecule has 0 bridgehead atoms. The Labute approximate surface area is 144 Å². The van der Waals surface area contributed by atoms with Crippen LogP contribution in [0.4, 0.5) is 0 Å². The molecule has 0 aromatic heterocycles. The third-order valence-corrected chi connectivity index (χ3v) is 3.69. The molecule has 0 unspecified atom stereocenters. The summed E-state index contributed by atoms with van der Waals surface area (Å²) in [6, 6.07) is 4.64. The lowest BCUT2D eigenvalue weighted by molar-refractivity contribution is -0.150. The molecular formula is C15H17Cl2NO5. The Kier molecular flexibility index (Phi) is 6.95. The van der Waals surface area contributed by atoms with Crippen LogP contribution in [0.5, 0.6) is 5.75 Å². The van der Waals surface area contributed by atoms with Gasteiger partial charge in [0.25, 0.3) is 5.91 Å². The van der Waals surface area contributed by atoms with E-state index in [-0.39, 0.29) is 25.2 Å². The monoisotopic (exact) mass is 361 g/mol. The minimum Gasteiger partial charge on any atom is -0.480 e. The number of rotatable bonds is 7. The Balaban J connectivity index is 1.63. The van der Waals surface area contributed by atoms with Crippen molar-refractivity contribution < 1.29 is 23.8 Å². The van der Waals surface area contributed by atoms with E-state index >= 15 is 0 Å². The van der Waals surface area contributed by atoms with Crippen LogP contribution in [-0.4, -0.2) is 44.3 Å². The van der Waals surface area contributed by atoms with E-state index in [0.29, 0.717) is 22.3 Å². The number of nitrogens with one attached hydrogen (secondary N) is 1. The van der Waals surface area contributed by atoms with Crippen molar-refractivity contribution in [3.05, 3.63) is 28.2 Å². The maximum absolute atomic E-state index is 11.5. The zero-order valence-electron chi connectivity index (χ0n) is 12.3. The zero-order chi connectivity index (χ0) is 16.7. The predicted octanol–water partition coefficient (Wildman–Crippen LogP) is 2.21. The fourth-order valence-corrected chi connectivity index (χ4v) is 2.46. The van der Waals surface area contributed by atoms with Crippen LogP contribution in [0.25, 0.3) is 0 Å². The molecule has 0 saturated carbocycles. The summed E-state index contributed by atoms with van der Waals surface area (Å²) in [5.74, 6) is -0.725. The molecule has 1 amide bonds. The Hall–Kier alpha value is -1.50. The molecular weight excluding hydrogens is 345 g/mol. The number of esters is 1. The molecule has 1 atom stereocenters. The maximum atomic E-state index is 11.5. The minimum absolute atomic E-state index is 0.0463. The third-order valence-electron chi connectivity index (χ3n) is 3.15. The van der Waals surface area contributed by atoms with Crippen molar-refractivity contribution in [2.75, 3.05) is 26.4 Å². The van der Waals surface area contributed by atoms with Crippen molar-refractivity contribution in [2.45, 2.75) is 18.9 Å². The van der Waals surface area contributed by atoms with Crippen molar-refractivity contribution in [3.8, 4) is 5.75 Å². The highest BCUT2D eigenvalue weighted by atomic mass is 35.5. The first kappa shape index (κ1) is 17.8. The smallest absolute Gasteiger partial charge is 0.344 e. The van der Waals surface area contributed by atoms with Gasteiger partial charge in [-0.1, -0.05) is 23.2 Å². The SMILES string of the molecule is O=C(COC(=O)COc1ccc(Cl)cc1Cl)NC[C@H]1CCCO1. The molecule has 1 saturated heterocycles. The van der Waals surface area contributed by atoms with E-state index in [2.05, 4.69) is 5.32 Å². The summed E-state index contributed by atoms with van der Waals surface area (Å²) in [5.41, 5.74) is 0. The normalized spacial score (nSPS) is 16.9. The van der Waals surface area contributed by atoms with Crippen LogP contribution < -0.4 is 10.1 Å². The summed E-state index contributed by atoms with van der Waals surface area (Å²) in [5, 5.41) is 3.41. The van der Waals surface area contributed by atoms with Gasteiger partial charge in [-0.05, 0) is 31.0 Å². The Morgan fingerprint density at radius 3 is 2.83 bits per heavy atom. The second-order valence-electron chi connectivity index (χ2n) is 4.96. The number of benzene rings is 1. The van der Waals surface area contributed by atoms with Gasteiger partial charge in [-0.15, -0.1) is 0 Å². The van der Waals surface area contributed by atoms with E-state index in [0.717, 1.165) is 19.4 Å². The van der Waals surface area contributed by atoms with Crippen molar-refractivity contribution in [3.63, 3.8) is 0 Å². The summed E-state index contributed by atoms with van der Waals surface area (Å²) in [6.45, 7) is 0.441. The molecule has 1 N–H and O–H groups in total. The molecule has 23 heavy (non-hydrogen) atoms. The summed E-state index contributed by atoms with van der Waals surface area (Å²) < 4.78 is 15.4. The highest BCUT2D eigenvalue weighted by Crippen LogP contribution is 2.27. The van der Waals surface area contributed by atoms with Crippen molar-refractivity contribution in [1.82, 2.24) is 5.32 Å². The molecule has 1 aliphatic rings. The van der Waals surface area contributed by atoms with Gasteiger partial charge >= 0.3 is 5.97 Å². The fraction of sp³-hybridized carbons (Fsp3) is 0.467. The number of halogens is 2. The summed E-state index contributed by atoms with van der Waals surface area (Å²) in [6.07, 6.45) is 1.97. The van der Waals surface area contributed by atoms with Crippen LogP contribution in [0.2, 0.25) is 10.0 Å². The molecule has 6 nitrogen and oxygen atoms in total. The van der Waals surface area contributed by atoms with Gasteiger partial charge < -0.3 is 19.5 Å². The summed E-state index contributed by atoms with van der Waals surface area (Å²) in [7, 11) is 0. The largest absolute Gasteiger partial charge is 0.480 e. The maximum Gasteiger partial charge on any atom is 0.344 e. The lowest BCUT2D eigenvalue weighted by Gasteiger charge is -2.11. The van der Waals surface area contributed by atoms with Crippen LogP contribution >= 0.6 is 23.2 Å². The number of ether oxygens (including phenoxy) is 3. The van der Waals surface area contributed by atoms with E-state index in [4.69, 9.17) is 37.4 Å². The molecule has 8 heteroatoms. The van der Waals surface area contributed by atoms with Gasteiger partial charge in [0.2, 0.25) is 0 Å². The van der Waals surface area contributed by atoms with Crippen molar-refractivity contribution in [1.29, 1.82) is 0 Å². The van der Waals surface area contributed by atoms with Gasteiger partial charge in [-0.3, -0.25) is 4.79 Å². The number of carbonyl (C=O) groups is 2. The van der Waals surface area contributed by atoms with Gasteiger partial charge in [-0.25, -0.2) is 4.79 Å². The van der Waals surface area contributed by atoms with Crippen LogP contribution in [0.15, 0.2) is 18.2 Å². The second-order valence-corrected chi connectivity index (χ2v) is 5.81. The average molecular weight is 362 g/mol. The molecule has 2 rings (SSSR count). The van der Waals surface area contributed by atoms with E-state index in [1.54, 1.807) is 12.1 Å². The van der Waals surface area contributed by atoms with E-state index < -0.39 is 5.97 Å². The molecule has 0 aliphatic carbocycles. The van der Waals surface area contributed by atoms with Crippen LogP contribution in [0, 0.1) is 0 Å². The molecule has 0 spiro atoms. The van der Waals surface area contributed by atoms with Crippen molar-refractivity contribution >= 4 is 35.1 Å². The molecule has 0 radical (unpaired) electrons. The molecule has 1 heterocycles. The topological polar surface area (TPSA) is 73.9 Å². The molecule has 126 valence electrons. The zero-order valence-corrected chi connectivity index (χ0v) is 13.9. The fourth-order valence-electron chi connectivity index (χ4n) is 2.00. The molecule has 1 fully saturated rings. The highest BCUT2D eigenvalue weighted by Gasteiger charge is 2.16. The first-order valence-electron chi connectivity index (χ1n) is 7.16. The molecule has 1 aliphatic heterocycles. The van der Waals surface area contributed by atoms with Crippen molar-refractivity contribution in [2.24, 2.45) is 0 Å². The van der Waals surface area contributed by atoms with E-state index in [9.17, 15) is 9.59 Å². The number of hydrogen-bond acceptors (Lipinski definition) is 5. The number of hydrogen-bond donors (Lipinski definition) is 1. The third kappa shape index (κ3) is 6.25. The molecule has 1 aromatic carbocycles. The van der Waals surface area contributed by atoms with Crippen LogP contribution in [0.1, 0.15) is 12.8 Å². The first-order valence-corrected chi connectivity index (χ1v) is 7.92. The predicted molar refractivity (Wildman–Crippen MR) is 84.9 cm³/mol. The van der Waals surface area contributed by atoms with Gasteiger partial charge in [0.1, 0.15) is 5.75 Å². The lowest BCUT2D eigenvalue weighted by Crippen LogP contribution is -2.35. The van der Waals surface area contributed by atoms with Gasteiger partial charge in [0.05, 0.1) is 11.1 Å². The van der Waals surface area contributed by atoms with Crippen LogP contribution in [-0.2, 0) is 19.1 Å². The quantitative estimate of drug-likeness (QED) is 0.753. The number of carbonyl (C=O) groups excluding carboxylic acids is 2. The highest BCUT2D eigenvalue weighted by molar-refractivity contribution is 6.35. The van der Waals surface area contributed by atoms with Gasteiger partial charge in [0.15, 0.2) is 13.2 Å². The van der Waals surface area contributed by atoms with E-state index in [1.807, 2.05) is 0 Å². The standard InChI is InChI=1S/C15H17Cl2NO5/c16-10-3-4-13(12(17)6-10)22-9-15(20)23-8-14(19)18-7-11-2-1-5-21-11/h3-4,6,11H,1-2,5,7-9H2,(H,18,19)/t11-/m1/s1. The van der Waals surface area contributed by atoms with Gasteiger partial charge in [-0.2, -0.15) is 0 Å². The Morgan fingerprint density at radius 1 is 1.30 bits per heavy atom. The molecule has 1 aromatic rings. The van der Waals surface area contributed by atoms with E-state index in [1.165, 1.54) is 6.07 Å². The number of amides is 1. The lowest BCUT2D eigenvalue weighted by atomic mass is 10.2.